The summed E-state index contributed by atoms with van der Waals surface area (Å²) in [7, 11) is 1.35. The Balaban J connectivity index is 3.03. The van der Waals surface area contributed by atoms with Gasteiger partial charge >= 0.3 is 9.24 Å². The Bertz CT molecular complexity index is 394. The van der Waals surface area contributed by atoms with Crippen LogP contribution in [0.3, 0.4) is 0 Å². The fraction of sp³-hybridized carbons (Fsp3) is 0.250. The van der Waals surface area contributed by atoms with Crippen LogP contribution in [0.5, 0.6) is 0 Å². The molecule has 0 fully saturated rings. The Kier molecular flexibility index (Phi) is 2.83. The van der Waals surface area contributed by atoms with Gasteiger partial charge in [-0.1, -0.05) is 6.07 Å². The van der Waals surface area contributed by atoms with E-state index in [1.165, 1.54) is 0 Å². The van der Waals surface area contributed by atoms with Gasteiger partial charge in [-0.3, -0.25) is 4.72 Å². The lowest BCUT2D eigenvalue weighted by Crippen LogP contribution is -2.04. The van der Waals surface area contributed by atoms with E-state index in [1.807, 2.05) is 19.9 Å². The summed E-state index contributed by atoms with van der Waals surface area (Å²) in [5, 5.41) is 0. The highest BCUT2D eigenvalue weighted by Gasteiger charge is 2.04. The number of halogens is 1. The Labute approximate surface area is 82.3 Å². The predicted octanol–water partition coefficient (Wildman–Crippen LogP) is 2.20. The highest BCUT2D eigenvalue weighted by atomic mass is 35.7. The summed E-state index contributed by atoms with van der Waals surface area (Å²) in [6.45, 7) is 3.78. The molecule has 0 spiro atoms. The van der Waals surface area contributed by atoms with Crippen molar-refractivity contribution >= 4 is 25.6 Å². The Morgan fingerprint density at radius 1 is 1.15 bits per heavy atom. The topological polar surface area (TPSA) is 46.2 Å². The van der Waals surface area contributed by atoms with E-state index in [4.69, 9.17) is 10.7 Å². The van der Waals surface area contributed by atoms with Crippen LogP contribution in [0.4, 0.5) is 5.69 Å². The summed E-state index contributed by atoms with van der Waals surface area (Å²) in [6.07, 6.45) is 0. The number of benzene rings is 1. The van der Waals surface area contributed by atoms with Crippen molar-refractivity contribution in [3.05, 3.63) is 29.3 Å². The fourth-order valence-electron chi connectivity index (χ4n) is 1.17. The van der Waals surface area contributed by atoms with Gasteiger partial charge in [-0.05, 0) is 37.1 Å². The van der Waals surface area contributed by atoms with Gasteiger partial charge in [-0.25, -0.2) is 0 Å². The maximum absolute atomic E-state index is 10.7. The first-order valence-corrected chi connectivity index (χ1v) is 5.98. The highest BCUT2D eigenvalue weighted by molar-refractivity contribution is 8.14. The molecule has 0 aliphatic carbocycles. The Hall–Kier alpha value is -0.740. The quantitative estimate of drug-likeness (QED) is 0.776. The molecule has 0 radical (unpaired) electrons. The molecular formula is C8H10ClNO2S. The van der Waals surface area contributed by atoms with Crippen molar-refractivity contribution in [3.8, 4) is 0 Å². The minimum absolute atomic E-state index is 0.493. The van der Waals surface area contributed by atoms with E-state index in [-0.39, 0.29) is 0 Å². The zero-order chi connectivity index (χ0) is 10.1. The van der Waals surface area contributed by atoms with Gasteiger partial charge in [-0.2, -0.15) is 8.42 Å². The SMILES string of the molecule is Cc1cc(C)cc(NS(=O)(=O)Cl)c1. The molecule has 0 aromatic heterocycles. The Morgan fingerprint density at radius 3 is 2.00 bits per heavy atom. The minimum Gasteiger partial charge on any atom is -0.271 e. The average molecular weight is 220 g/mol. The number of hydrogen-bond donors (Lipinski definition) is 1. The van der Waals surface area contributed by atoms with Gasteiger partial charge in [0.15, 0.2) is 0 Å². The average Bonchev–Trinajstić information content (AvgIpc) is 1.78. The molecule has 0 aliphatic heterocycles. The molecule has 0 atom stereocenters. The van der Waals surface area contributed by atoms with Crippen LogP contribution < -0.4 is 4.72 Å². The van der Waals surface area contributed by atoms with E-state index < -0.39 is 9.24 Å². The Morgan fingerprint density at radius 2 is 1.62 bits per heavy atom. The van der Waals surface area contributed by atoms with Crippen LogP contribution in [0.2, 0.25) is 0 Å². The second-order valence-corrected chi connectivity index (χ2v) is 5.21. The molecule has 1 aromatic rings. The van der Waals surface area contributed by atoms with E-state index in [0.29, 0.717) is 5.69 Å². The van der Waals surface area contributed by atoms with E-state index in [2.05, 4.69) is 4.72 Å². The maximum Gasteiger partial charge on any atom is 0.319 e. The van der Waals surface area contributed by atoms with E-state index in [1.54, 1.807) is 12.1 Å². The van der Waals surface area contributed by atoms with Gasteiger partial charge in [0.05, 0.1) is 5.69 Å². The first-order valence-electron chi connectivity index (χ1n) is 3.67. The summed E-state index contributed by atoms with van der Waals surface area (Å²) in [4.78, 5) is 0. The molecule has 5 heteroatoms. The van der Waals surface area contributed by atoms with Gasteiger partial charge in [0.1, 0.15) is 0 Å². The fourth-order valence-corrected chi connectivity index (χ4v) is 1.84. The number of hydrogen-bond acceptors (Lipinski definition) is 2. The smallest absolute Gasteiger partial charge is 0.271 e. The van der Waals surface area contributed by atoms with Crippen molar-refractivity contribution in [2.75, 3.05) is 4.72 Å². The van der Waals surface area contributed by atoms with Crippen LogP contribution in [-0.4, -0.2) is 8.42 Å². The van der Waals surface area contributed by atoms with Gasteiger partial charge < -0.3 is 0 Å². The van der Waals surface area contributed by atoms with Crippen molar-refractivity contribution in [2.24, 2.45) is 0 Å². The van der Waals surface area contributed by atoms with Crippen LogP contribution in [0.25, 0.3) is 0 Å². The van der Waals surface area contributed by atoms with Crippen LogP contribution in [0.1, 0.15) is 11.1 Å². The van der Waals surface area contributed by atoms with Crippen molar-refractivity contribution in [3.63, 3.8) is 0 Å². The summed E-state index contributed by atoms with van der Waals surface area (Å²) >= 11 is 0. The molecule has 0 bridgehead atoms. The molecule has 0 unspecified atom stereocenters. The maximum atomic E-state index is 10.7. The zero-order valence-electron chi connectivity index (χ0n) is 7.33. The van der Waals surface area contributed by atoms with Crippen molar-refractivity contribution in [2.45, 2.75) is 13.8 Å². The predicted molar refractivity (Wildman–Crippen MR) is 54.3 cm³/mol. The van der Waals surface area contributed by atoms with Crippen molar-refractivity contribution < 1.29 is 8.42 Å². The van der Waals surface area contributed by atoms with E-state index in [9.17, 15) is 8.42 Å². The second-order valence-electron chi connectivity index (χ2n) is 2.92. The van der Waals surface area contributed by atoms with E-state index >= 15 is 0 Å². The van der Waals surface area contributed by atoms with Crippen LogP contribution >= 0.6 is 10.7 Å². The number of rotatable bonds is 2. The second kappa shape index (κ2) is 3.55. The largest absolute Gasteiger partial charge is 0.319 e. The first kappa shape index (κ1) is 10.3. The lowest BCUT2D eigenvalue weighted by Gasteiger charge is -2.04. The van der Waals surface area contributed by atoms with Crippen LogP contribution in [0, 0.1) is 13.8 Å². The van der Waals surface area contributed by atoms with Gasteiger partial charge in [0.2, 0.25) is 0 Å². The first-order chi connectivity index (χ1) is 5.87. The summed E-state index contributed by atoms with van der Waals surface area (Å²) < 4.78 is 23.6. The van der Waals surface area contributed by atoms with Crippen LogP contribution in [0.15, 0.2) is 18.2 Å². The van der Waals surface area contributed by atoms with Crippen molar-refractivity contribution in [1.82, 2.24) is 0 Å². The normalized spacial score (nSPS) is 11.3. The van der Waals surface area contributed by atoms with Gasteiger partial charge in [0, 0.05) is 10.7 Å². The molecule has 1 N–H and O–H groups in total. The molecule has 13 heavy (non-hydrogen) atoms. The molecule has 0 saturated carbocycles. The highest BCUT2D eigenvalue weighted by Crippen LogP contribution is 2.15. The van der Waals surface area contributed by atoms with Crippen molar-refractivity contribution in [1.29, 1.82) is 0 Å². The molecule has 3 nitrogen and oxygen atoms in total. The lowest BCUT2D eigenvalue weighted by molar-refractivity contribution is 0.614. The number of aryl methyl sites for hydroxylation is 2. The third kappa shape index (κ3) is 3.65. The summed E-state index contributed by atoms with van der Waals surface area (Å²) in [6, 6.07) is 5.38. The molecule has 0 saturated heterocycles. The van der Waals surface area contributed by atoms with Gasteiger partial charge in [-0.15, -0.1) is 0 Å². The summed E-state index contributed by atoms with van der Waals surface area (Å²) in [5.74, 6) is 0. The zero-order valence-corrected chi connectivity index (χ0v) is 8.91. The van der Waals surface area contributed by atoms with Crippen LogP contribution in [-0.2, 0) is 9.24 Å². The number of nitrogens with one attached hydrogen (secondary N) is 1. The minimum atomic E-state index is -3.69. The molecule has 1 aromatic carbocycles. The third-order valence-corrected chi connectivity index (χ3v) is 2.17. The number of anilines is 1. The molecule has 0 aliphatic rings. The third-order valence-electron chi connectivity index (χ3n) is 1.46. The molecular weight excluding hydrogens is 210 g/mol. The summed E-state index contributed by atoms with van der Waals surface area (Å²) in [5.41, 5.74) is 2.47. The van der Waals surface area contributed by atoms with Gasteiger partial charge in [0.25, 0.3) is 0 Å². The lowest BCUT2D eigenvalue weighted by atomic mass is 10.1. The standard InChI is InChI=1S/C8H10ClNO2S/c1-6-3-7(2)5-8(4-6)10-13(9,11)12/h3-5,10H,1-2H3. The molecule has 72 valence electrons. The molecule has 0 heterocycles. The van der Waals surface area contributed by atoms with E-state index in [0.717, 1.165) is 11.1 Å². The monoisotopic (exact) mass is 219 g/mol. The molecule has 1 rings (SSSR count). The molecule has 0 amide bonds.